The van der Waals surface area contributed by atoms with Crippen LogP contribution in [-0.4, -0.2) is 15.0 Å². The molecule has 0 saturated heterocycles. The number of hydrogen-bond donors (Lipinski definition) is 2. The third-order valence-corrected chi connectivity index (χ3v) is 3.16. The fraction of sp³-hybridized carbons (Fsp3) is 0.300. The molecule has 2 rings (SSSR count). The summed E-state index contributed by atoms with van der Waals surface area (Å²) in [4.78, 5) is 12.4. The molecule has 0 fully saturated rings. The maximum Gasteiger partial charge on any atom is 0.134 e. The summed E-state index contributed by atoms with van der Waals surface area (Å²) in [5.41, 5.74) is 7.60. The molecule has 3 N–H and O–H groups in total. The van der Waals surface area contributed by atoms with Crippen molar-refractivity contribution < 1.29 is 0 Å². The second kappa shape index (κ2) is 4.44. The first-order chi connectivity index (χ1) is 7.66. The van der Waals surface area contributed by atoms with E-state index >= 15 is 0 Å². The van der Waals surface area contributed by atoms with Crippen LogP contribution in [0.1, 0.15) is 16.3 Å². The molecule has 0 aliphatic heterocycles. The molecule has 2 heterocycles. The van der Waals surface area contributed by atoms with Crippen molar-refractivity contribution in [3.8, 4) is 0 Å². The quantitative estimate of drug-likeness (QED) is 0.847. The number of nitrogen functional groups attached to an aromatic ring is 1. The van der Waals surface area contributed by atoms with Crippen LogP contribution in [0.2, 0.25) is 0 Å². The number of nitrogens with two attached hydrogens (primary N) is 1. The molecule has 0 aliphatic rings. The summed E-state index contributed by atoms with van der Waals surface area (Å²) in [6, 6.07) is 0. The lowest BCUT2D eigenvalue weighted by molar-refractivity contribution is 1.03. The van der Waals surface area contributed by atoms with E-state index in [0.29, 0.717) is 12.4 Å². The van der Waals surface area contributed by atoms with Crippen LogP contribution in [0.15, 0.2) is 11.7 Å². The Morgan fingerprint density at radius 1 is 1.38 bits per heavy atom. The van der Waals surface area contributed by atoms with E-state index in [1.165, 1.54) is 6.33 Å². The molecule has 0 spiro atoms. The highest BCUT2D eigenvalue weighted by Crippen LogP contribution is 2.17. The van der Waals surface area contributed by atoms with E-state index in [0.717, 1.165) is 22.1 Å². The van der Waals surface area contributed by atoms with Gasteiger partial charge in [-0.25, -0.2) is 15.0 Å². The van der Waals surface area contributed by atoms with Gasteiger partial charge in [-0.1, -0.05) is 0 Å². The molecule has 0 aromatic carbocycles. The summed E-state index contributed by atoms with van der Waals surface area (Å²) in [5, 5.41) is 6.26. The number of rotatable bonds is 3. The predicted octanol–water partition coefficient (Wildman–Crippen LogP) is 1.74. The summed E-state index contributed by atoms with van der Waals surface area (Å²) in [7, 11) is 0. The van der Waals surface area contributed by atoms with Crippen LogP contribution in [0.3, 0.4) is 0 Å². The van der Waals surface area contributed by atoms with Crippen LogP contribution in [0.25, 0.3) is 0 Å². The van der Waals surface area contributed by atoms with Crippen molar-refractivity contribution in [2.24, 2.45) is 0 Å². The highest BCUT2D eigenvalue weighted by molar-refractivity contribution is 7.09. The summed E-state index contributed by atoms with van der Waals surface area (Å²) >= 11 is 1.63. The number of anilines is 2. The second-order valence-electron chi connectivity index (χ2n) is 3.47. The van der Waals surface area contributed by atoms with Crippen molar-refractivity contribution >= 4 is 23.0 Å². The molecule has 0 atom stereocenters. The molecule has 0 radical (unpaired) electrons. The Balaban J connectivity index is 2.07. The van der Waals surface area contributed by atoms with Crippen molar-refractivity contribution in [3.63, 3.8) is 0 Å². The van der Waals surface area contributed by atoms with Crippen molar-refractivity contribution in [1.82, 2.24) is 15.0 Å². The number of thiazole rings is 1. The number of nitrogens with one attached hydrogen (secondary N) is 1. The molecular weight excluding hydrogens is 222 g/mol. The molecule has 0 aliphatic carbocycles. The Bertz CT molecular complexity index is 494. The van der Waals surface area contributed by atoms with Crippen LogP contribution in [-0.2, 0) is 6.54 Å². The van der Waals surface area contributed by atoms with Crippen LogP contribution in [0.4, 0.5) is 11.6 Å². The van der Waals surface area contributed by atoms with E-state index in [1.807, 2.05) is 19.2 Å². The Hall–Kier alpha value is -1.69. The van der Waals surface area contributed by atoms with Crippen molar-refractivity contribution in [3.05, 3.63) is 28.0 Å². The fourth-order valence-corrected chi connectivity index (χ4v) is 2.00. The van der Waals surface area contributed by atoms with Gasteiger partial charge in [-0.05, 0) is 13.8 Å². The normalized spacial score (nSPS) is 10.4. The summed E-state index contributed by atoms with van der Waals surface area (Å²) in [6.45, 7) is 4.54. The second-order valence-corrected chi connectivity index (χ2v) is 4.41. The average molecular weight is 235 g/mol. The molecule has 2 aromatic rings. The molecule has 0 unspecified atom stereocenters. The molecule has 0 saturated carbocycles. The third-order valence-electron chi connectivity index (χ3n) is 2.20. The summed E-state index contributed by atoms with van der Waals surface area (Å²) < 4.78 is 0. The smallest absolute Gasteiger partial charge is 0.134 e. The molecular formula is C10H13N5S. The lowest BCUT2D eigenvalue weighted by atomic mass is 10.3. The summed E-state index contributed by atoms with van der Waals surface area (Å²) in [5.74, 6) is 1.27. The largest absolute Gasteiger partial charge is 0.383 e. The van der Waals surface area contributed by atoms with E-state index in [-0.39, 0.29) is 0 Å². The average Bonchev–Trinajstić information content (AvgIpc) is 2.67. The maximum atomic E-state index is 5.69. The van der Waals surface area contributed by atoms with Gasteiger partial charge in [-0.15, -0.1) is 11.3 Å². The predicted molar refractivity (Wildman–Crippen MR) is 65.4 cm³/mol. The Morgan fingerprint density at radius 2 is 2.19 bits per heavy atom. The van der Waals surface area contributed by atoms with Gasteiger partial charge in [-0.3, -0.25) is 0 Å². The first kappa shape index (κ1) is 10.8. The molecule has 16 heavy (non-hydrogen) atoms. The molecule has 2 aromatic heterocycles. The molecule has 6 heteroatoms. The van der Waals surface area contributed by atoms with Gasteiger partial charge in [0, 0.05) is 16.6 Å². The first-order valence-electron chi connectivity index (χ1n) is 4.89. The number of aromatic nitrogens is 3. The zero-order valence-corrected chi connectivity index (χ0v) is 10.0. The van der Waals surface area contributed by atoms with Crippen LogP contribution in [0, 0.1) is 13.8 Å². The van der Waals surface area contributed by atoms with Gasteiger partial charge in [0.1, 0.15) is 23.0 Å². The minimum atomic E-state index is 0.507. The Labute approximate surface area is 97.8 Å². The zero-order valence-electron chi connectivity index (χ0n) is 9.19. The lowest BCUT2D eigenvalue weighted by Gasteiger charge is -2.07. The highest BCUT2D eigenvalue weighted by Gasteiger charge is 2.04. The Morgan fingerprint density at radius 3 is 2.88 bits per heavy atom. The van der Waals surface area contributed by atoms with Crippen molar-refractivity contribution in [1.29, 1.82) is 0 Å². The van der Waals surface area contributed by atoms with Gasteiger partial charge in [-0.2, -0.15) is 0 Å². The van der Waals surface area contributed by atoms with Gasteiger partial charge < -0.3 is 11.1 Å². The van der Waals surface area contributed by atoms with Gasteiger partial charge in [0.15, 0.2) is 0 Å². The molecule has 84 valence electrons. The lowest BCUT2D eigenvalue weighted by Crippen LogP contribution is -2.05. The van der Waals surface area contributed by atoms with Gasteiger partial charge in [0.2, 0.25) is 0 Å². The van der Waals surface area contributed by atoms with Crippen LogP contribution in [0.5, 0.6) is 0 Å². The fourth-order valence-electron chi connectivity index (χ4n) is 1.29. The zero-order chi connectivity index (χ0) is 11.5. The van der Waals surface area contributed by atoms with Crippen LogP contribution < -0.4 is 11.1 Å². The van der Waals surface area contributed by atoms with E-state index in [4.69, 9.17) is 5.73 Å². The highest BCUT2D eigenvalue weighted by atomic mass is 32.1. The standard InChI is InChI=1S/C10H13N5S/c1-6-4-16-8(15-6)3-12-10-7(2)9(11)13-5-14-10/h4-5H,3H2,1-2H3,(H3,11,12,13,14). The minimum Gasteiger partial charge on any atom is -0.383 e. The summed E-state index contributed by atoms with van der Waals surface area (Å²) in [6.07, 6.45) is 1.46. The number of hydrogen-bond acceptors (Lipinski definition) is 6. The molecule has 5 nitrogen and oxygen atoms in total. The maximum absolute atomic E-state index is 5.69. The SMILES string of the molecule is Cc1csc(CNc2ncnc(N)c2C)n1. The third kappa shape index (κ3) is 2.27. The number of nitrogens with zero attached hydrogens (tertiary/aromatic N) is 3. The minimum absolute atomic E-state index is 0.507. The van der Waals surface area contributed by atoms with Gasteiger partial charge in [0.25, 0.3) is 0 Å². The van der Waals surface area contributed by atoms with E-state index in [9.17, 15) is 0 Å². The van der Waals surface area contributed by atoms with Gasteiger partial charge >= 0.3 is 0 Å². The van der Waals surface area contributed by atoms with Crippen molar-refractivity contribution in [2.75, 3.05) is 11.1 Å². The number of aryl methyl sites for hydroxylation is 1. The van der Waals surface area contributed by atoms with E-state index in [2.05, 4.69) is 20.3 Å². The van der Waals surface area contributed by atoms with Gasteiger partial charge in [0.05, 0.1) is 6.54 Å². The van der Waals surface area contributed by atoms with E-state index < -0.39 is 0 Å². The topological polar surface area (TPSA) is 76.7 Å². The molecule has 0 amide bonds. The first-order valence-corrected chi connectivity index (χ1v) is 5.76. The Kier molecular flexibility index (Phi) is 3.00. The monoisotopic (exact) mass is 235 g/mol. The van der Waals surface area contributed by atoms with Crippen molar-refractivity contribution in [2.45, 2.75) is 20.4 Å². The molecule has 0 bridgehead atoms. The van der Waals surface area contributed by atoms with Crippen LogP contribution >= 0.6 is 11.3 Å². The van der Waals surface area contributed by atoms with E-state index in [1.54, 1.807) is 11.3 Å².